The first-order valence-electron chi connectivity index (χ1n) is 12.1. The molecule has 3 heterocycles. The van der Waals surface area contributed by atoms with Crippen LogP contribution in [0.4, 0.5) is 0 Å². The number of rotatable bonds is 7. The van der Waals surface area contributed by atoms with Gasteiger partial charge in [-0.25, -0.2) is 0 Å². The Morgan fingerprint density at radius 1 is 1.09 bits per heavy atom. The molecule has 3 N–H and O–H groups in total. The third-order valence-corrected chi connectivity index (χ3v) is 7.99. The van der Waals surface area contributed by atoms with Gasteiger partial charge in [-0.1, -0.05) is 60.7 Å². The largest absolute Gasteiger partial charge is 0.394 e. The Morgan fingerprint density at radius 3 is 2.37 bits per heavy atom. The number of ether oxygens (including phenoxy) is 1. The first kappa shape index (κ1) is 23.5. The van der Waals surface area contributed by atoms with E-state index in [2.05, 4.69) is 10.6 Å². The molecule has 2 aromatic rings. The second-order valence-electron chi connectivity index (χ2n) is 9.90. The highest BCUT2D eigenvalue weighted by atomic mass is 16.5. The van der Waals surface area contributed by atoms with Crippen LogP contribution in [-0.2, 0) is 25.7 Å². The molecule has 0 radical (unpaired) electrons. The number of carbonyl (C=O) groups excluding carboxylic acids is 3. The quantitative estimate of drug-likeness (QED) is 0.561. The van der Waals surface area contributed by atoms with Gasteiger partial charge < -0.3 is 25.4 Å². The monoisotopic (exact) mass is 477 g/mol. The molecule has 2 bridgehead atoms. The molecular weight excluding hydrogens is 446 g/mol. The third-order valence-electron chi connectivity index (χ3n) is 7.99. The van der Waals surface area contributed by atoms with E-state index in [-0.39, 0.29) is 24.3 Å². The molecule has 3 aliphatic heterocycles. The van der Waals surface area contributed by atoms with Gasteiger partial charge in [0.1, 0.15) is 11.6 Å². The maximum Gasteiger partial charge on any atom is 0.246 e. The lowest BCUT2D eigenvalue weighted by Crippen LogP contribution is -2.56. The Bertz CT molecular complexity index is 1130. The molecule has 8 heteroatoms. The fourth-order valence-electron chi connectivity index (χ4n) is 6.47. The van der Waals surface area contributed by atoms with Gasteiger partial charge in [0.05, 0.1) is 30.1 Å². The normalized spacial score (nSPS) is 31.8. The van der Waals surface area contributed by atoms with Crippen LogP contribution in [0.2, 0.25) is 0 Å². The van der Waals surface area contributed by atoms with Crippen molar-refractivity contribution in [3.8, 4) is 0 Å². The van der Waals surface area contributed by atoms with Crippen molar-refractivity contribution in [3.05, 3.63) is 71.8 Å². The summed E-state index contributed by atoms with van der Waals surface area (Å²) in [6, 6.07) is 17.0. The number of hydrogen-bond acceptors (Lipinski definition) is 5. The van der Waals surface area contributed by atoms with Gasteiger partial charge in [-0.3, -0.25) is 14.4 Å². The van der Waals surface area contributed by atoms with Crippen LogP contribution in [0.5, 0.6) is 0 Å². The number of hydrogen-bond donors (Lipinski definition) is 3. The second-order valence-corrected chi connectivity index (χ2v) is 9.90. The van der Waals surface area contributed by atoms with Crippen LogP contribution in [0.1, 0.15) is 36.9 Å². The zero-order valence-electron chi connectivity index (χ0n) is 19.9. The van der Waals surface area contributed by atoms with Crippen LogP contribution < -0.4 is 10.6 Å². The van der Waals surface area contributed by atoms with Crippen LogP contribution in [0.3, 0.4) is 0 Å². The molecule has 5 rings (SSSR count). The van der Waals surface area contributed by atoms with Crippen molar-refractivity contribution < 1.29 is 24.2 Å². The van der Waals surface area contributed by atoms with Gasteiger partial charge in [-0.05, 0) is 30.9 Å². The smallest absolute Gasteiger partial charge is 0.246 e. The van der Waals surface area contributed by atoms with E-state index < -0.39 is 35.1 Å². The zero-order chi connectivity index (χ0) is 24.8. The highest BCUT2D eigenvalue weighted by molar-refractivity contribution is 5.99. The van der Waals surface area contributed by atoms with E-state index in [1.807, 2.05) is 67.6 Å². The number of benzene rings is 2. The van der Waals surface area contributed by atoms with Crippen LogP contribution in [0.15, 0.2) is 60.7 Å². The summed E-state index contributed by atoms with van der Waals surface area (Å²) in [5.74, 6) is -2.45. The summed E-state index contributed by atoms with van der Waals surface area (Å²) in [6.07, 6.45) is 1.06. The van der Waals surface area contributed by atoms with Gasteiger partial charge in [0.15, 0.2) is 0 Å². The lowest BCUT2D eigenvalue weighted by atomic mass is 9.66. The fraction of sp³-hybridized carbons (Fsp3) is 0.444. The lowest BCUT2D eigenvalue weighted by molar-refractivity contribution is -0.149. The van der Waals surface area contributed by atoms with E-state index in [4.69, 9.17) is 4.74 Å². The number of nitrogens with one attached hydrogen (secondary N) is 2. The Balaban J connectivity index is 1.57. The summed E-state index contributed by atoms with van der Waals surface area (Å²) in [5.41, 5.74) is -0.310. The zero-order valence-corrected chi connectivity index (χ0v) is 19.9. The summed E-state index contributed by atoms with van der Waals surface area (Å²) in [4.78, 5) is 42.4. The van der Waals surface area contributed by atoms with Crippen LogP contribution >= 0.6 is 0 Å². The summed E-state index contributed by atoms with van der Waals surface area (Å²) in [5, 5.41) is 16.1. The predicted molar refractivity (Wildman–Crippen MR) is 128 cm³/mol. The maximum absolute atomic E-state index is 14.1. The van der Waals surface area contributed by atoms with E-state index in [0.29, 0.717) is 19.4 Å². The van der Waals surface area contributed by atoms with E-state index in [0.717, 1.165) is 11.1 Å². The van der Waals surface area contributed by atoms with Crippen molar-refractivity contribution in [2.45, 2.75) is 49.6 Å². The minimum Gasteiger partial charge on any atom is -0.394 e. The average molecular weight is 478 g/mol. The second kappa shape index (κ2) is 8.77. The molecule has 3 fully saturated rings. The van der Waals surface area contributed by atoms with E-state index in [1.54, 1.807) is 7.05 Å². The van der Waals surface area contributed by atoms with Gasteiger partial charge in [0, 0.05) is 13.6 Å². The van der Waals surface area contributed by atoms with Crippen molar-refractivity contribution in [2.24, 2.45) is 11.8 Å². The number of likely N-dealkylation sites (tertiary alicyclic amines) is 1. The molecule has 3 amide bonds. The lowest BCUT2D eigenvalue weighted by Gasteiger charge is -2.37. The standard InChI is InChI=1S/C27H31N3O5/c1-26-13-14-27(35-26)21(20(26)23(32)28-2)25(34)30(19(16-31)18-11-7-4-8-12-18)22(27)24(33)29-15-17-9-5-3-6-10-17/h3-12,19-22,31H,13-16H2,1-2H3,(H,28,32)(H,29,33)/t19-,20+,21+,22?,26-,27?/m1/s1. The van der Waals surface area contributed by atoms with Crippen molar-refractivity contribution in [1.29, 1.82) is 0 Å². The Hall–Kier alpha value is -3.23. The van der Waals surface area contributed by atoms with Gasteiger partial charge in [-0.2, -0.15) is 0 Å². The first-order valence-corrected chi connectivity index (χ1v) is 12.1. The van der Waals surface area contributed by atoms with Crippen molar-refractivity contribution in [1.82, 2.24) is 15.5 Å². The van der Waals surface area contributed by atoms with E-state index >= 15 is 0 Å². The highest BCUT2D eigenvalue weighted by Gasteiger charge is 2.78. The van der Waals surface area contributed by atoms with Crippen molar-refractivity contribution in [2.75, 3.05) is 13.7 Å². The van der Waals surface area contributed by atoms with Crippen LogP contribution in [0.25, 0.3) is 0 Å². The topological polar surface area (TPSA) is 108 Å². The predicted octanol–water partition coefficient (Wildman–Crippen LogP) is 1.55. The van der Waals surface area contributed by atoms with Gasteiger partial charge >= 0.3 is 0 Å². The average Bonchev–Trinajstić information content (AvgIpc) is 3.45. The molecule has 0 aliphatic carbocycles. The van der Waals surface area contributed by atoms with Gasteiger partial charge in [0.2, 0.25) is 17.7 Å². The molecule has 8 nitrogen and oxygen atoms in total. The van der Waals surface area contributed by atoms with Crippen LogP contribution in [-0.4, -0.2) is 58.6 Å². The number of fused-ring (bicyclic) bond motifs is 1. The van der Waals surface area contributed by atoms with Crippen molar-refractivity contribution >= 4 is 17.7 Å². The molecule has 0 aromatic heterocycles. The summed E-state index contributed by atoms with van der Waals surface area (Å²) < 4.78 is 6.56. The highest BCUT2D eigenvalue weighted by Crippen LogP contribution is 2.64. The van der Waals surface area contributed by atoms with E-state index in [1.165, 1.54) is 4.90 Å². The van der Waals surface area contributed by atoms with Crippen molar-refractivity contribution in [3.63, 3.8) is 0 Å². The minimum absolute atomic E-state index is 0.266. The number of carbonyl (C=O) groups is 3. The van der Waals surface area contributed by atoms with Crippen LogP contribution in [0, 0.1) is 11.8 Å². The van der Waals surface area contributed by atoms with Gasteiger partial charge in [-0.15, -0.1) is 0 Å². The summed E-state index contributed by atoms with van der Waals surface area (Å²) >= 11 is 0. The maximum atomic E-state index is 14.1. The fourth-order valence-corrected chi connectivity index (χ4v) is 6.47. The number of nitrogens with zero attached hydrogens (tertiary/aromatic N) is 1. The Kier molecular flexibility index (Phi) is 5.89. The SMILES string of the molecule is CNC(=O)[C@@H]1[C@H]2C(=O)N([C@H](CO)c3ccccc3)C(C(=O)NCc3ccccc3)C23CC[C@@]1(C)O3. The minimum atomic E-state index is -1.13. The van der Waals surface area contributed by atoms with Gasteiger partial charge in [0.25, 0.3) is 0 Å². The molecule has 6 atom stereocenters. The molecule has 1 spiro atoms. The number of amides is 3. The molecular formula is C27H31N3O5. The number of aliphatic hydroxyl groups is 1. The molecule has 184 valence electrons. The molecule has 2 aromatic carbocycles. The molecule has 2 unspecified atom stereocenters. The first-order chi connectivity index (χ1) is 16.9. The third kappa shape index (κ3) is 3.54. The summed E-state index contributed by atoms with van der Waals surface area (Å²) in [7, 11) is 1.55. The molecule has 3 saturated heterocycles. The van der Waals surface area contributed by atoms with E-state index in [9.17, 15) is 19.5 Å². The molecule has 0 saturated carbocycles. The Labute approximate surface area is 204 Å². The molecule has 35 heavy (non-hydrogen) atoms. The number of aliphatic hydroxyl groups excluding tert-OH is 1. The Morgan fingerprint density at radius 2 is 1.74 bits per heavy atom. The summed E-state index contributed by atoms with van der Waals surface area (Å²) in [6.45, 7) is 1.80. The molecule has 3 aliphatic rings.